The van der Waals surface area contributed by atoms with E-state index in [1.807, 2.05) is 18.2 Å². The highest BCUT2D eigenvalue weighted by Crippen LogP contribution is 2.37. The fraction of sp³-hybridized carbons (Fsp3) is 0.269. The number of aromatic nitrogens is 1. The van der Waals surface area contributed by atoms with Crippen LogP contribution in [0.3, 0.4) is 0 Å². The van der Waals surface area contributed by atoms with E-state index in [1.165, 1.54) is 11.3 Å². The van der Waals surface area contributed by atoms with Crippen molar-refractivity contribution in [3.63, 3.8) is 0 Å². The van der Waals surface area contributed by atoms with Crippen LogP contribution in [0.15, 0.2) is 60.3 Å². The van der Waals surface area contributed by atoms with Gasteiger partial charge in [0.25, 0.3) is 5.56 Å². The molecule has 1 aliphatic rings. The van der Waals surface area contributed by atoms with Crippen molar-refractivity contribution in [1.82, 2.24) is 4.57 Å². The van der Waals surface area contributed by atoms with E-state index >= 15 is 0 Å². The number of hydrogen-bond acceptors (Lipinski definition) is 8. The van der Waals surface area contributed by atoms with Gasteiger partial charge in [-0.3, -0.25) is 9.36 Å². The van der Waals surface area contributed by atoms with Crippen LogP contribution in [0.1, 0.15) is 31.0 Å². The fourth-order valence-electron chi connectivity index (χ4n) is 4.13. The average molecular weight is 652 g/mol. The van der Waals surface area contributed by atoms with E-state index in [-0.39, 0.29) is 12.2 Å². The number of carbonyl (C=O) groups is 1. The molecule has 1 aliphatic heterocycles. The molecule has 0 unspecified atom stereocenters. The zero-order valence-electron chi connectivity index (χ0n) is 20.8. The number of hydrogen-bond donors (Lipinski definition) is 0. The maximum Gasteiger partial charge on any atom is 0.338 e. The lowest BCUT2D eigenvalue weighted by atomic mass is 9.96. The summed E-state index contributed by atoms with van der Waals surface area (Å²) in [6.07, 6.45) is 1.76. The molecule has 1 aromatic heterocycles. The van der Waals surface area contributed by atoms with Gasteiger partial charge in [0.2, 0.25) is 0 Å². The van der Waals surface area contributed by atoms with Crippen LogP contribution in [-0.2, 0) is 9.53 Å². The Labute approximate surface area is 234 Å². The summed E-state index contributed by atoms with van der Waals surface area (Å²) in [5, 5.41) is 0. The van der Waals surface area contributed by atoms with E-state index in [9.17, 15) is 9.59 Å². The third kappa shape index (κ3) is 5.12. The van der Waals surface area contributed by atoms with Crippen LogP contribution in [0.5, 0.6) is 17.2 Å². The third-order valence-electron chi connectivity index (χ3n) is 5.76. The smallest absolute Gasteiger partial charge is 0.338 e. The van der Waals surface area contributed by atoms with Crippen LogP contribution in [0.2, 0.25) is 0 Å². The molecule has 0 aliphatic carbocycles. The molecule has 0 N–H and O–H groups in total. The van der Waals surface area contributed by atoms with Crippen LogP contribution in [-0.4, -0.2) is 38.5 Å². The summed E-state index contributed by atoms with van der Waals surface area (Å²) in [5.74, 6) is 1.20. The minimum atomic E-state index is -0.725. The van der Waals surface area contributed by atoms with Gasteiger partial charge in [-0.15, -0.1) is 0 Å². The first kappa shape index (κ1) is 27.2. The van der Waals surface area contributed by atoms with Gasteiger partial charge in [-0.25, -0.2) is 9.79 Å². The molecular weight excluding hydrogens is 628 g/mol. The Morgan fingerprint density at radius 2 is 1.81 bits per heavy atom. The maximum atomic E-state index is 13.8. The number of esters is 1. The van der Waals surface area contributed by atoms with Crippen LogP contribution in [0, 0.1) is 0 Å². The molecule has 0 amide bonds. The minimum Gasteiger partial charge on any atom is -0.496 e. The minimum absolute atomic E-state index is 0.202. The number of allylic oxidation sites excluding steroid dienone is 1. The first-order valence-electron chi connectivity index (χ1n) is 11.2. The van der Waals surface area contributed by atoms with Crippen molar-refractivity contribution in [2.24, 2.45) is 4.99 Å². The Hall–Kier alpha value is -2.89. The Kier molecular flexibility index (Phi) is 8.25. The van der Waals surface area contributed by atoms with Gasteiger partial charge in [-0.2, -0.15) is 0 Å². The van der Waals surface area contributed by atoms with E-state index in [0.29, 0.717) is 52.4 Å². The Bertz CT molecular complexity index is 1590. The number of nitrogens with zero attached hydrogens (tertiary/aromatic N) is 2. The van der Waals surface area contributed by atoms with E-state index in [1.54, 1.807) is 58.0 Å². The first-order valence-corrected chi connectivity index (χ1v) is 13.6. The molecule has 194 valence electrons. The lowest BCUT2D eigenvalue weighted by Crippen LogP contribution is -2.40. The van der Waals surface area contributed by atoms with E-state index in [4.69, 9.17) is 18.9 Å². The van der Waals surface area contributed by atoms with Crippen molar-refractivity contribution in [1.29, 1.82) is 0 Å². The third-order valence-corrected chi connectivity index (χ3v) is 7.95. The first-order chi connectivity index (χ1) is 17.7. The van der Waals surface area contributed by atoms with Gasteiger partial charge < -0.3 is 18.9 Å². The fourth-order valence-corrected chi connectivity index (χ4v) is 6.36. The molecule has 2 aromatic carbocycles. The zero-order chi connectivity index (χ0) is 26.9. The molecule has 2 heterocycles. The summed E-state index contributed by atoms with van der Waals surface area (Å²) in [6.45, 7) is 3.69. The summed E-state index contributed by atoms with van der Waals surface area (Å²) in [5.41, 5.74) is 1.98. The lowest BCUT2D eigenvalue weighted by molar-refractivity contribution is -0.139. The molecule has 3 aromatic rings. The lowest BCUT2D eigenvalue weighted by Gasteiger charge is -2.25. The average Bonchev–Trinajstić information content (AvgIpc) is 3.16. The van der Waals surface area contributed by atoms with Crippen LogP contribution in [0.4, 0.5) is 0 Å². The molecule has 8 nitrogen and oxygen atoms in total. The van der Waals surface area contributed by atoms with Crippen LogP contribution in [0.25, 0.3) is 6.08 Å². The Balaban J connectivity index is 1.96. The number of carbonyl (C=O) groups excluding carboxylic acids is 1. The monoisotopic (exact) mass is 650 g/mol. The maximum absolute atomic E-state index is 13.8. The predicted molar refractivity (Wildman–Crippen MR) is 148 cm³/mol. The quantitative estimate of drug-likeness (QED) is 0.353. The van der Waals surface area contributed by atoms with E-state index < -0.39 is 12.0 Å². The molecule has 0 spiro atoms. The van der Waals surface area contributed by atoms with Crippen molar-refractivity contribution in [2.45, 2.75) is 19.9 Å². The van der Waals surface area contributed by atoms with E-state index in [0.717, 1.165) is 5.56 Å². The molecule has 1 atom stereocenters. The molecule has 0 saturated carbocycles. The van der Waals surface area contributed by atoms with Gasteiger partial charge in [-0.05, 0) is 87.2 Å². The number of ether oxygens (including phenoxy) is 4. The van der Waals surface area contributed by atoms with Crippen molar-refractivity contribution in [2.75, 3.05) is 27.9 Å². The van der Waals surface area contributed by atoms with Crippen molar-refractivity contribution >= 4 is 55.2 Å². The molecule has 0 bridgehead atoms. The zero-order valence-corrected chi connectivity index (χ0v) is 24.7. The summed E-state index contributed by atoms with van der Waals surface area (Å²) in [6, 6.07) is 8.35. The standard InChI is InChI=1S/C26H24Br2N2O6S/c1-6-36-25(32)21-13(2)29-26-30(22(21)15-7-8-18(33-3)16(27)12-15)24(31)20(37-26)11-14-9-17(28)23(35-5)19(10-14)34-4/h7-12,22H,6H2,1-5H3/b20-11+/t22-/m1/s1. The predicted octanol–water partition coefficient (Wildman–Crippen LogP) is 4.35. The Morgan fingerprint density at radius 1 is 1.08 bits per heavy atom. The second-order valence-electron chi connectivity index (χ2n) is 7.93. The number of benzene rings is 2. The SMILES string of the molecule is CCOC(=O)C1=C(C)N=c2s/c(=C/c3cc(Br)c(OC)c(OC)c3)c(=O)n2[C@@H]1c1ccc(OC)c(Br)c1. The summed E-state index contributed by atoms with van der Waals surface area (Å²) in [4.78, 5) is 32.0. The van der Waals surface area contributed by atoms with Gasteiger partial charge in [0.15, 0.2) is 16.3 Å². The number of rotatable bonds is 7. The second-order valence-corrected chi connectivity index (χ2v) is 10.7. The van der Waals surface area contributed by atoms with Gasteiger partial charge in [0.1, 0.15) is 5.75 Å². The second kappa shape index (κ2) is 11.2. The summed E-state index contributed by atoms with van der Waals surface area (Å²) >= 11 is 8.26. The topological polar surface area (TPSA) is 88.4 Å². The van der Waals surface area contributed by atoms with Crippen LogP contribution < -0.4 is 29.1 Å². The molecule has 11 heteroatoms. The van der Waals surface area contributed by atoms with Gasteiger partial charge in [0.05, 0.1) is 58.7 Å². The molecule has 0 saturated heterocycles. The summed E-state index contributed by atoms with van der Waals surface area (Å²) < 4.78 is 24.9. The van der Waals surface area contributed by atoms with Gasteiger partial charge in [0, 0.05) is 0 Å². The summed E-state index contributed by atoms with van der Waals surface area (Å²) in [7, 11) is 4.68. The molecule has 0 fully saturated rings. The van der Waals surface area contributed by atoms with Crippen LogP contribution >= 0.6 is 43.2 Å². The normalized spacial score (nSPS) is 15.2. The Morgan fingerprint density at radius 3 is 2.43 bits per heavy atom. The molecule has 0 radical (unpaired) electrons. The largest absolute Gasteiger partial charge is 0.496 e. The number of fused-ring (bicyclic) bond motifs is 1. The highest BCUT2D eigenvalue weighted by molar-refractivity contribution is 9.11. The highest BCUT2D eigenvalue weighted by Gasteiger charge is 2.33. The highest BCUT2D eigenvalue weighted by atomic mass is 79.9. The molecular formula is C26H24Br2N2O6S. The van der Waals surface area contributed by atoms with Gasteiger partial charge in [-0.1, -0.05) is 17.4 Å². The van der Waals surface area contributed by atoms with Crippen molar-refractivity contribution in [3.05, 3.63) is 81.4 Å². The number of methoxy groups -OCH3 is 3. The molecule has 37 heavy (non-hydrogen) atoms. The van der Waals surface area contributed by atoms with Crippen molar-refractivity contribution in [3.8, 4) is 17.2 Å². The van der Waals surface area contributed by atoms with Crippen molar-refractivity contribution < 1.29 is 23.7 Å². The van der Waals surface area contributed by atoms with Gasteiger partial charge >= 0.3 is 5.97 Å². The number of halogens is 2. The molecule has 4 rings (SSSR count). The number of thiazole rings is 1. The van der Waals surface area contributed by atoms with E-state index in [2.05, 4.69) is 36.9 Å².